The maximum atomic E-state index is 12.6. The normalized spacial score (nSPS) is 26.2. The first kappa shape index (κ1) is 22.2. The number of fused-ring (bicyclic) bond motifs is 3. The number of carbonyl (C=O) groups is 2. The highest BCUT2D eigenvalue weighted by atomic mass is 16.5. The summed E-state index contributed by atoms with van der Waals surface area (Å²) in [5.41, 5.74) is 4.63. The number of hydrogen-bond donors (Lipinski definition) is 0. The van der Waals surface area contributed by atoms with Gasteiger partial charge in [0.25, 0.3) is 0 Å². The monoisotopic (exact) mass is 446 g/mol. The van der Waals surface area contributed by atoms with E-state index in [1.165, 1.54) is 0 Å². The topological polar surface area (TPSA) is 52.6 Å². The SMILES string of the molecule is CC1CCC(C(=O)Oc2ccc3c(c2)Cc2cc(OC(=O)C4CCC(C)CC4)ccc2-3)CC1. The summed E-state index contributed by atoms with van der Waals surface area (Å²) < 4.78 is 11.5. The summed E-state index contributed by atoms with van der Waals surface area (Å²) in [6.45, 7) is 4.50. The summed E-state index contributed by atoms with van der Waals surface area (Å²) in [7, 11) is 0. The molecular weight excluding hydrogens is 412 g/mol. The number of carbonyl (C=O) groups excluding carboxylic acids is 2. The highest BCUT2D eigenvalue weighted by Gasteiger charge is 2.28. The number of rotatable bonds is 4. The fourth-order valence-corrected chi connectivity index (χ4v) is 5.68. The van der Waals surface area contributed by atoms with Gasteiger partial charge in [0.1, 0.15) is 11.5 Å². The first-order valence-corrected chi connectivity index (χ1v) is 12.7. The molecule has 3 aliphatic rings. The molecule has 4 nitrogen and oxygen atoms in total. The maximum absolute atomic E-state index is 12.6. The van der Waals surface area contributed by atoms with Crippen LogP contribution in [0.25, 0.3) is 11.1 Å². The summed E-state index contributed by atoms with van der Waals surface area (Å²) >= 11 is 0. The molecule has 0 N–H and O–H groups in total. The van der Waals surface area contributed by atoms with Crippen LogP contribution in [0.2, 0.25) is 0 Å². The summed E-state index contributed by atoms with van der Waals surface area (Å²) in [5, 5.41) is 0. The van der Waals surface area contributed by atoms with Crippen molar-refractivity contribution in [1.82, 2.24) is 0 Å². The number of ether oxygens (including phenoxy) is 2. The third-order valence-corrected chi connectivity index (χ3v) is 7.96. The van der Waals surface area contributed by atoms with Gasteiger partial charge in [0.15, 0.2) is 0 Å². The molecule has 0 saturated heterocycles. The van der Waals surface area contributed by atoms with Gasteiger partial charge in [0.2, 0.25) is 0 Å². The molecule has 0 aromatic heterocycles. The molecule has 33 heavy (non-hydrogen) atoms. The first-order valence-electron chi connectivity index (χ1n) is 12.7. The van der Waals surface area contributed by atoms with E-state index < -0.39 is 0 Å². The molecule has 2 saturated carbocycles. The third kappa shape index (κ3) is 4.85. The summed E-state index contributed by atoms with van der Waals surface area (Å²) in [5.74, 6) is 2.54. The van der Waals surface area contributed by atoms with Crippen LogP contribution in [-0.2, 0) is 16.0 Å². The Hall–Kier alpha value is -2.62. The average Bonchev–Trinajstić information content (AvgIpc) is 3.16. The highest BCUT2D eigenvalue weighted by molar-refractivity contribution is 5.81. The number of hydrogen-bond acceptors (Lipinski definition) is 4. The van der Waals surface area contributed by atoms with E-state index in [2.05, 4.69) is 13.8 Å². The summed E-state index contributed by atoms with van der Waals surface area (Å²) in [6, 6.07) is 11.9. The molecule has 2 aromatic rings. The lowest BCUT2D eigenvalue weighted by atomic mass is 9.83. The van der Waals surface area contributed by atoms with Gasteiger partial charge >= 0.3 is 11.9 Å². The predicted octanol–water partition coefficient (Wildman–Crippen LogP) is 6.72. The zero-order valence-corrected chi connectivity index (χ0v) is 19.8. The van der Waals surface area contributed by atoms with Gasteiger partial charge in [0.05, 0.1) is 11.8 Å². The van der Waals surface area contributed by atoms with Crippen molar-refractivity contribution < 1.29 is 19.1 Å². The number of benzene rings is 2. The van der Waals surface area contributed by atoms with E-state index in [1.807, 2.05) is 36.4 Å². The average molecular weight is 447 g/mol. The van der Waals surface area contributed by atoms with Crippen LogP contribution in [-0.4, -0.2) is 11.9 Å². The van der Waals surface area contributed by atoms with Crippen molar-refractivity contribution in [3.8, 4) is 22.6 Å². The molecule has 0 radical (unpaired) electrons. The van der Waals surface area contributed by atoms with Crippen LogP contribution in [0.3, 0.4) is 0 Å². The van der Waals surface area contributed by atoms with Gasteiger partial charge in [-0.05, 0) is 116 Å². The molecule has 0 bridgehead atoms. The van der Waals surface area contributed by atoms with E-state index in [1.54, 1.807) is 0 Å². The van der Waals surface area contributed by atoms with Crippen LogP contribution < -0.4 is 9.47 Å². The second kappa shape index (κ2) is 9.32. The molecule has 2 aromatic carbocycles. The quantitative estimate of drug-likeness (QED) is 0.330. The molecule has 174 valence electrons. The highest BCUT2D eigenvalue weighted by Crippen LogP contribution is 2.40. The molecule has 0 spiro atoms. The van der Waals surface area contributed by atoms with Crippen molar-refractivity contribution in [2.45, 2.75) is 71.6 Å². The van der Waals surface area contributed by atoms with E-state index in [4.69, 9.17) is 9.47 Å². The van der Waals surface area contributed by atoms with E-state index in [0.29, 0.717) is 23.3 Å². The largest absolute Gasteiger partial charge is 0.426 e. The molecule has 4 heteroatoms. The molecule has 0 amide bonds. The Morgan fingerprint density at radius 2 is 1.03 bits per heavy atom. The molecule has 3 aliphatic carbocycles. The van der Waals surface area contributed by atoms with Crippen LogP contribution in [0.1, 0.15) is 76.3 Å². The van der Waals surface area contributed by atoms with E-state index in [-0.39, 0.29) is 23.8 Å². The number of esters is 2. The second-order valence-corrected chi connectivity index (χ2v) is 10.6. The Kier molecular flexibility index (Phi) is 6.27. The van der Waals surface area contributed by atoms with Gasteiger partial charge in [0, 0.05) is 0 Å². The summed E-state index contributed by atoms with van der Waals surface area (Å²) in [6.07, 6.45) is 8.88. The van der Waals surface area contributed by atoms with Gasteiger partial charge in [-0.1, -0.05) is 26.0 Å². The van der Waals surface area contributed by atoms with Crippen molar-refractivity contribution in [2.75, 3.05) is 0 Å². The molecule has 5 rings (SSSR count). The van der Waals surface area contributed by atoms with Gasteiger partial charge in [-0.25, -0.2) is 0 Å². The lowest BCUT2D eigenvalue weighted by Crippen LogP contribution is -2.25. The smallest absolute Gasteiger partial charge is 0.314 e. The van der Waals surface area contributed by atoms with Gasteiger partial charge < -0.3 is 9.47 Å². The Balaban J connectivity index is 1.23. The standard InChI is InChI=1S/C29H34O4/c1-18-3-7-20(8-4-18)28(30)32-24-11-13-26-22(16-24)15-23-17-25(12-14-27(23)26)33-29(31)21-9-5-19(2)6-10-21/h11-14,16-21H,3-10,15H2,1-2H3. The minimum Gasteiger partial charge on any atom is -0.426 e. The van der Waals surface area contributed by atoms with Crippen LogP contribution in [0.4, 0.5) is 0 Å². The molecule has 0 heterocycles. The molecule has 0 aliphatic heterocycles. The fraction of sp³-hybridized carbons (Fsp3) is 0.517. The Morgan fingerprint density at radius 1 is 0.636 bits per heavy atom. The van der Waals surface area contributed by atoms with Crippen LogP contribution >= 0.6 is 0 Å². The van der Waals surface area contributed by atoms with Gasteiger partial charge in [-0.15, -0.1) is 0 Å². The zero-order valence-electron chi connectivity index (χ0n) is 19.8. The molecule has 0 atom stereocenters. The van der Waals surface area contributed by atoms with Gasteiger partial charge in [-0.3, -0.25) is 9.59 Å². The Morgan fingerprint density at radius 3 is 1.42 bits per heavy atom. The van der Waals surface area contributed by atoms with Crippen molar-refractivity contribution >= 4 is 11.9 Å². The van der Waals surface area contributed by atoms with E-state index >= 15 is 0 Å². The van der Waals surface area contributed by atoms with Crippen molar-refractivity contribution in [3.63, 3.8) is 0 Å². The summed E-state index contributed by atoms with van der Waals surface area (Å²) in [4.78, 5) is 25.2. The van der Waals surface area contributed by atoms with E-state index in [0.717, 1.165) is 80.0 Å². The minimum absolute atomic E-state index is 0.0243. The van der Waals surface area contributed by atoms with Crippen molar-refractivity contribution in [2.24, 2.45) is 23.7 Å². The lowest BCUT2D eigenvalue weighted by molar-refractivity contribution is -0.141. The maximum Gasteiger partial charge on any atom is 0.314 e. The Labute approximate surface area is 196 Å². The Bertz CT molecular complexity index is 956. The van der Waals surface area contributed by atoms with E-state index in [9.17, 15) is 9.59 Å². The van der Waals surface area contributed by atoms with Crippen LogP contribution in [0.5, 0.6) is 11.5 Å². The fourth-order valence-electron chi connectivity index (χ4n) is 5.68. The van der Waals surface area contributed by atoms with Crippen molar-refractivity contribution in [1.29, 1.82) is 0 Å². The predicted molar refractivity (Wildman–Crippen MR) is 128 cm³/mol. The first-order chi connectivity index (χ1) is 16.0. The lowest BCUT2D eigenvalue weighted by Gasteiger charge is -2.24. The molecule has 2 fully saturated rings. The van der Waals surface area contributed by atoms with Crippen LogP contribution in [0.15, 0.2) is 36.4 Å². The molecule has 0 unspecified atom stereocenters. The minimum atomic E-state index is -0.0938. The van der Waals surface area contributed by atoms with Crippen LogP contribution in [0, 0.1) is 23.7 Å². The second-order valence-electron chi connectivity index (χ2n) is 10.6. The molecular formula is C29H34O4. The van der Waals surface area contributed by atoms with Crippen molar-refractivity contribution in [3.05, 3.63) is 47.5 Å². The third-order valence-electron chi connectivity index (χ3n) is 7.96. The zero-order chi connectivity index (χ0) is 22.9. The van der Waals surface area contributed by atoms with Gasteiger partial charge in [-0.2, -0.15) is 0 Å².